The van der Waals surface area contributed by atoms with Gasteiger partial charge in [0.2, 0.25) is 0 Å². The van der Waals surface area contributed by atoms with E-state index in [1.54, 1.807) is 17.5 Å². The number of aryl methyl sites for hydroxylation is 1. The highest BCUT2D eigenvalue weighted by Gasteiger charge is 2.21. The van der Waals surface area contributed by atoms with Crippen molar-refractivity contribution >= 4 is 11.3 Å². The summed E-state index contributed by atoms with van der Waals surface area (Å²) >= 11 is 1.54. The van der Waals surface area contributed by atoms with E-state index >= 15 is 0 Å². The monoisotopic (exact) mass is 252 g/mol. The van der Waals surface area contributed by atoms with Gasteiger partial charge in [0.1, 0.15) is 4.88 Å². The standard InChI is InChI=1S/C10H12N4O2S/c1-6-12-4-8(17-6)10-13-9(14-16-10)7-5-15-3-2-11-7/h4,7,11H,2-3,5H2,1H3. The molecule has 1 saturated heterocycles. The number of aromatic nitrogens is 3. The van der Waals surface area contributed by atoms with Gasteiger partial charge in [-0.3, -0.25) is 0 Å². The quantitative estimate of drug-likeness (QED) is 0.864. The van der Waals surface area contributed by atoms with E-state index in [9.17, 15) is 0 Å². The molecule has 6 nitrogen and oxygen atoms in total. The number of nitrogens with zero attached hydrogens (tertiary/aromatic N) is 3. The Morgan fingerprint density at radius 1 is 1.53 bits per heavy atom. The average Bonchev–Trinajstić information content (AvgIpc) is 2.98. The Morgan fingerprint density at radius 3 is 3.18 bits per heavy atom. The van der Waals surface area contributed by atoms with Crippen molar-refractivity contribution in [3.05, 3.63) is 17.0 Å². The molecule has 1 unspecified atom stereocenters. The van der Waals surface area contributed by atoms with Crippen molar-refractivity contribution in [2.45, 2.75) is 13.0 Å². The van der Waals surface area contributed by atoms with Crippen LogP contribution < -0.4 is 5.32 Å². The van der Waals surface area contributed by atoms with Crippen LogP contribution in [0.15, 0.2) is 10.7 Å². The summed E-state index contributed by atoms with van der Waals surface area (Å²) < 4.78 is 10.6. The van der Waals surface area contributed by atoms with Crippen molar-refractivity contribution in [2.24, 2.45) is 0 Å². The molecule has 0 aliphatic carbocycles. The van der Waals surface area contributed by atoms with Crippen molar-refractivity contribution < 1.29 is 9.26 Å². The van der Waals surface area contributed by atoms with Crippen LogP contribution >= 0.6 is 11.3 Å². The minimum absolute atomic E-state index is 0.0234. The van der Waals surface area contributed by atoms with E-state index in [4.69, 9.17) is 9.26 Å². The van der Waals surface area contributed by atoms with Crippen LogP contribution in [0.1, 0.15) is 16.9 Å². The molecule has 0 aromatic carbocycles. The fourth-order valence-corrected chi connectivity index (χ4v) is 2.37. The maximum Gasteiger partial charge on any atom is 0.269 e. The third kappa shape index (κ3) is 2.21. The third-order valence-corrected chi connectivity index (χ3v) is 3.41. The van der Waals surface area contributed by atoms with E-state index in [1.165, 1.54) is 0 Å². The molecule has 1 aliphatic heterocycles. The lowest BCUT2D eigenvalue weighted by Gasteiger charge is -2.20. The van der Waals surface area contributed by atoms with Gasteiger partial charge in [0.15, 0.2) is 5.82 Å². The van der Waals surface area contributed by atoms with Crippen LogP contribution in [0.4, 0.5) is 0 Å². The largest absolute Gasteiger partial charge is 0.378 e. The zero-order chi connectivity index (χ0) is 11.7. The molecule has 0 amide bonds. The predicted octanol–water partition coefficient (Wildman–Crippen LogP) is 1.16. The molecule has 7 heteroatoms. The topological polar surface area (TPSA) is 73.1 Å². The predicted molar refractivity (Wildman–Crippen MR) is 61.7 cm³/mol. The van der Waals surface area contributed by atoms with Gasteiger partial charge in [-0.05, 0) is 6.92 Å². The molecule has 0 radical (unpaired) electrons. The Hall–Kier alpha value is -1.31. The third-order valence-electron chi connectivity index (χ3n) is 2.51. The molecule has 3 heterocycles. The van der Waals surface area contributed by atoms with E-state index in [2.05, 4.69) is 20.4 Å². The smallest absolute Gasteiger partial charge is 0.269 e. The Labute approximate surface area is 102 Å². The number of hydrogen-bond acceptors (Lipinski definition) is 7. The molecule has 0 spiro atoms. The summed E-state index contributed by atoms with van der Waals surface area (Å²) in [4.78, 5) is 9.43. The summed E-state index contributed by atoms with van der Waals surface area (Å²) in [5, 5.41) is 8.24. The van der Waals surface area contributed by atoms with E-state index in [0.29, 0.717) is 18.3 Å². The van der Waals surface area contributed by atoms with E-state index in [1.807, 2.05) is 6.92 Å². The lowest BCUT2D eigenvalue weighted by molar-refractivity contribution is 0.0734. The average molecular weight is 252 g/mol. The lowest BCUT2D eigenvalue weighted by atomic mass is 10.2. The summed E-state index contributed by atoms with van der Waals surface area (Å²) in [6.07, 6.45) is 1.75. The first-order chi connectivity index (χ1) is 8.33. The number of hydrogen-bond donors (Lipinski definition) is 1. The van der Waals surface area contributed by atoms with E-state index in [-0.39, 0.29) is 6.04 Å². The van der Waals surface area contributed by atoms with Gasteiger partial charge in [-0.25, -0.2) is 4.98 Å². The van der Waals surface area contributed by atoms with Crippen LogP contribution in [-0.2, 0) is 4.74 Å². The highest BCUT2D eigenvalue weighted by Crippen LogP contribution is 2.25. The van der Waals surface area contributed by atoms with Gasteiger partial charge in [-0.15, -0.1) is 11.3 Å². The zero-order valence-electron chi connectivity index (χ0n) is 9.34. The van der Waals surface area contributed by atoms with Crippen molar-refractivity contribution in [2.75, 3.05) is 19.8 Å². The van der Waals surface area contributed by atoms with Gasteiger partial charge in [0.05, 0.1) is 30.5 Å². The maximum absolute atomic E-state index is 5.36. The minimum Gasteiger partial charge on any atom is -0.378 e. The molecular weight excluding hydrogens is 240 g/mol. The molecule has 1 atom stereocenters. The SMILES string of the molecule is Cc1ncc(-c2nc(C3COCCN3)no2)s1. The Kier molecular flexibility index (Phi) is 2.87. The fourth-order valence-electron chi connectivity index (χ4n) is 1.67. The summed E-state index contributed by atoms with van der Waals surface area (Å²) in [5.41, 5.74) is 0. The van der Waals surface area contributed by atoms with Gasteiger partial charge in [0.25, 0.3) is 5.89 Å². The van der Waals surface area contributed by atoms with Crippen LogP contribution in [0.3, 0.4) is 0 Å². The minimum atomic E-state index is 0.0234. The molecule has 1 aliphatic rings. The van der Waals surface area contributed by atoms with Gasteiger partial charge in [-0.1, -0.05) is 5.16 Å². The summed E-state index contributed by atoms with van der Waals surface area (Å²) in [5.74, 6) is 1.17. The number of nitrogens with one attached hydrogen (secondary N) is 1. The molecule has 0 bridgehead atoms. The summed E-state index contributed by atoms with van der Waals surface area (Å²) in [6.45, 7) is 4.08. The Balaban J connectivity index is 1.82. The van der Waals surface area contributed by atoms with Crippen LogP contribution in [-0.4, -0.2) is 34.9 Å². The highest BCUT2D eigenvalue weighted by molar-refractivity contribution is 7.14. The summed E-state index contributed by atoms with van der Waals surface area (Å²) in [6, 6.07) is 0.0234. The number of ether oxygens (including phenoxy) is 1. The fraction of sp³-hybridized carbons (Fsp3) is 0.500. The zero-order valence-corrected chi connectivity index (χ0v) is 10.2. The molecule has 1 N–H and O–H groups in total. The molecule has 2 aromatic heterocycles. The van der Waals surface area contributed by atoms with Crippen molar-refractivity contribution in [1.82, 2.24) is 20.4 Å². The molecule has 1 fully saturated rings. The number of morpholine rings is 1. The van der Waals surface area contributed by atoms with Crippen molar-refractivity contribution in [3.8, 4) is 10.8 Å². The summed E-state index contributed by atoms with van der Waals surface area (Å²) in [7, 11) is 0. The Bertz CT molecular complexity index is 504. The van der Waals surface area contributed by atoms with E-state index < -0.39 is 0 Å². The first kappa shape index (κ1) is 10.8. The maximum atomic E-state index is 5.36. The molecule has 2 aromatic rings. The number of rotatable bonds is 2. The first-order valence-electron chi connectivity index (χ1n) is 5.40. The second-order valence-electron chi connectivity index (χ2n) is 3.78. The van der Waals surface area contributed by atoms with Crippen molar-refractivity contribution in [1.29, 1.82) is 0 Å². The Morgan fingerprint density at radius 2 is 2.47 bits per heavy atom. The van der Waals surface area contributed by atoms with Crippen molar-refractivity contribution in [3.63, 3.8) is 0 Å². The van der Waals surface area contributed by atoms with Gasteiger partial charge in [0, 0.05) is 6.54 Å². The van der Waals surface area contributed by atoms with Crippen LogP contribution in [0.25, 0.3) is 10.8 Å². The van der Waals surface area contributed by atoms with E-state index in [0.717, 1.165) is 23.0 Å². The van der Waals surface area contributed by atoms with Crippen LogP contribution in [0.5, 0.6) is 0 Å². The van der Waals surface area contributed by atoms with Crippen LogP contribution in [0.2, 0.25) is 0 Å². The van der Waals surface area contributed by atoms with Gasteiger partial charge >= 0.3 is 0 Å². The first-order valence-corrected chi connectivity index (χ1v) is 6.22. The lowest BCUT2D eigenvalue weighted by Crippen LogP contribution is -2.35. The molecule has 90 valence electrons. The van der Waals surface area contributed by atoms with Gasteiger partial charge in [-0.2, -0.15) is 4.98 Å². The second kappa shape index (κ2) is 4.52. The molecule has 0 saturated carbocycles. The normalized spacial score (nSPS) is 20.6. The molecule has 3 rings (SSSR count). The highest BCUT2D eigenvalue weighted by atomic mass is 32.1. The molecule has 17 heavy (non-hydrogen) atoms. The molecular formula is C10H12N4O2S. The van der Waals surface area contributed by atoms with Gasteiger partial charge < -0.3 is 14.6 Å². The number of thiazole rings is 1. The second-order valence-corrected chi connectivity index (χ2v) is 5.02. The van der Waals surface area contributed by atoms with Crippen LogP contribution in [0, 0.1) is 6.92 Å².